The summed E-state index contributed by atoms with van der Waals surface area (Å²) in [4.78, 5) is 14.1. The van der Waals surface area contributed by atoms with Crippen molar-refractivity contribution in [3.63, 3.8) is 0 Å². The van der Waals surface area contributed by atoms with E-state index in [0.717, 1.165) is 21.9 Å². The standard InChI is InChI=1S/C10H6N6/c11-16-15-10-13-7-4-3-6-2-1-5-12-8(6)9(7)14-10/h1-5H,(H,13,14). The van der Waals surface area contributed by atoms with Crippen LogP contribution in [0.5, 0.6) is 0 Å². The molecule has 0 saturated heterocycles. The van der Waals surface area contributed by atoms with Gasteiger partial charge < -0.3 is 4.98 Å². The van der Waals surface area contributed by atoms with Crippen molar-refractivity contribution < 1.29 is 0 Å². The highest BCUT2D eigenvalue weighted by atomic mass is 15.2. The lowest BCUT2D eigenvalue weighted by Gasteiger charge is -1.95. The number of azide groups is 1. The monoisotopic (exact) mass is 210 g/mol. The molecule has 0 aliphatic heterocycles. The second-order valence-electron chi connectivity index (χ2n) is 3.29. The first-order valence-corrected chi connectivity index (χ1v) is 4.67. The molecule has 1 N–H and O–H groups in total. The molecule has 0 atom stereocenters. The van der Waals surface area contributed by atoms with E-state index < -0.39 is 0 Å². The van der Waals surface area contributed by atoms with E-state index in [1.807, 2.05) is 24.3 Å². The summed E-state index contributed by atoms with van der Waals surface area (Å²) in [5, 5.41) is 4.45. The van der Waals surface area contributed by atoms with Gasteiger partial charge in [0.1, 0.15) is 5.52 Å². The zero-order chi connectivity index (χ0) is 11.0. The number of rotatable bonds is 1. The fraction of sp³-hybridized carbons (Fsp3) is 0. The lowest BCUT2D eigenvalue weighted by atomic mass is 10.2. The summed E-state index contributed by atoms with van der Waals surface area (Å²) < 4.78 is 0. The molecule has 2 heterocycles. The number of aromatic nitrogens is 3. The average Bonchev–Trinajstić information content (AvgIpc) is 2.72. The Morgan fingerprint density at radius 3 is 3.06 bits per heavy atom. The van der Waals surface area contributed by atoms with Gasteiger partial charge in [0.15, 0.2) is 5.95 Å². The molecule has 0 bridgehead atoms. The molecule has 0 aliphatic rings. The van der Waals surface area contributed by atoms with Crippen LogP contribution in [0.4, 0.5) is 5.95 Å². The topological polar surface area (TPSA) is 90.3 Å². The number of pyridine rings is 1. The lowest BCUT2D eigenvalue weighted by Crippen LogP contribution is -1.79. The molecule has 0 amide bonds. The normalized spacial score (nSPS) is 10.5. The van der Waals surface area contributed by atoms with Crippen molar-refractivity contribution in [2.24, 2.45) is 5.11 Å². The van der Waals surface area contributed by atoms with Crippen molar-refractivity contribution in [1.29, 1.82) is 0 Å². The van der Waals surface area contributed by atoms with Gasteiger partial charge in [-0.2, -0.15) is 0 Å². The Morgan fingerprint density at radius 2 is 2.19 bits per heavy atom. The first-order valence-electron chi connectivity index (χ1n) is 4.67. The predicted molar refractivity (Wildman–Crippen MR) is 60.2 cm³/mol. The van der Waals surface area contributed by atoms with Gasteiger partial charge in [0.05, 0.1) is 11.0 Å². The van der Waals surface area contributed by atoms with E-state index in [1.54, 1.807) is 6.20 Å². The van der Waals surface area contributed by atoms with Crippen molar-refractivity contribution in [3.05, 3.63) is 40.9 Å². The third-order valence-electron chi connectivity index (χ3n) is 2.35. The molecule has 76 valence electrons. The molecule has 6 heteroatoms. The number of imidazole rings is 1. The number of benzene rings is 1. The number of H-pyrrole nitrogens is 1. The van der Waals surface area contributed by atoms with Crippen LogP contribution in [0.2, 0.25) is 0 Å². The zero-order valence-electron chi connectivity index (χ0n) is 8.12. The highest BCUT2D eigenvalue weighted by molar-refractivity contribution is 6.01. The Balaban J connectivity index is 2.45. The average molecular weight is 210 g/mol. The third-order valence-corrected chi connectivity index (χ3v) is 2.35. The van der Waals surface area contributed by atoms with Gasteiger partial charge in [-0.3, -0.25) is 4.98 Å². The van der Waals surface area contributed by atoms with Crippen LogP contribution >= 0.6 is 0 Å². The largest absolute Gasteiger partial charge is 0.337 e. The van der Waals surface area contributed by atoms with E-state index in [0.29, 0.717) is 0 Å². The number of nitrogens with one attached hydrogen (secondary N) is 1. The van der Waals surface area contributed by atoms with E-state index in [-0.39, 0.29) is 5.95 Å². The van der Waals surface area contributed by atoms with E-state index in [4.69, 9.17) is 5.53 Å². The summed E-state index contributed by atoms with van der Waals surface area (Å²) in [6.07, 6.45) is 1.71. The van der Waals surface area contributed by atoms with Crippen LogP contribution in [0.3, 0.4) is 0 Å². The second kappa shape index (κ2) is 3.22. The lowest BCUT2D eigenvalue weighted by molar-refractivity contribution is 1.25. The number of hydrogen-bond acceptors (Lipinski definition) is 3. The van der Waals surface area contributed by atoms with E-state index in [2.05, 4.69) is 25.0 Å². The quantitative estimate of drug-likeness (QED) is 0.380. The van der Waals surface area contributed by atoms with Crippen LogP contribution in [0, 0.1) is 0 Å². The first kappa shape index (κ1) is 8.70. The molecule has 3 rings (SSSR count). The van der Waals surface area contributed by atoms with Gasteiger partial charge in [-0.1, -0.05) is 12.1 Å². The molecular formula is C10H6N6. The predicted octanol–water partition coefficient (Wildman–Crippen LogP) is 3.05. The van der Waals surface area contributed by atoms with Crippen LogP contribution in [-0.4, -0.2) is 15.0 Å². The SMILES string of the molecule is [N-]=[N+]=Nc1nc2c(ccc3cccnc32)[nH]1. The van der Waals surface area contributed by atoms with Gasteiger partial charge in [-0.15, -0.1) is 0 Å². The fourth-order valence-corrected chi connectivity index (χ4v) is 1.69. The fourth-order valence-electron chi connectivity index (χ4n) is 1.69. The molecule has 6 nitrogen and oxygen atoms in total. The molecule has 0 radical (unpaired) electrons. The summed E-state index contributed by atoms with van der Waals surface area (Å²) in [5.74, 6) is 0.260. The molecule has 0 aliphatic carbocycles. The van der Waals surface area contributed by atoms with Gasteiger partial charge in [0.2, 0.25) is 0 Å². The summed E-state index contributed by atoms with van der Waals surface area (Å²) in [5.41, 5.74) is 10.7. The number of aromatic amines is 1. The molecule has 0 unspecified atom stereocenters. The minimum Gasteiger partial charge on any atom is -0.337 e. The Kier molecular flexibility index (Phi) is 1.75. The highest BCUT2D eigenvalue weighted by Crippen LogP contribution is 2.23. The van der Waals surface area contributed by atoms with Crippen molar-refractivity contribution in [2.45, 2.75) is 0 Å². The molecule has 2 aromatic heterocycles. The van der Waals surface area contributed by atoms with Crippen molar-refractivity contribution in [2.75, 3.05) is 0 Å². The molecule has 3 aromatic rings. The number of fused-ring (bicyclic) bond motifs is 3. The van der Waals surface area contributed by atoms with Crippen LogP contribution in [-0.2, 0) is 0 Å². The Hall–Kier alpha value is -2.59. The van der Waals surface area contributed by atoms with Crippen LogP contribution in [0.1, 0.15) is 0 Å². The van der Waals surface area contributed by atoms with Crippen LogP contribution in [0.25, 0.3) is 32.4 Å². The Labute approximate surface area is 89.6 Å². The minimum absolute atomic E-state index is 0.260. The third kappa shape index (κ3) is 1.18. The number of hydrogen-bond donors (Lipinski definition) is 1. The molecule has 0 spiro atoms. The minimum atomic E-state index is 0.260. The first-order chi connectivity index (χ1) is 7.88. The van der Waals surface area contributed by atoms with Gasteiger partial charge in [-0.05, 0) is 22.8 Å². The smallest absolute Gasteiger partial charge is 0.195 e. The molecule has 0 saturated carbocycles. The van der Waals surface area contributed by atoms with Crippen molar-refractivity contribution in [1.82, 2.24) is 15.0 Å². The van der Waals surface area contributed by atoms with Gasteiger partial charge in [-0.25, -0.2) is 4.98 Å². The summed E-state index contributed by atoms with van der Waals surface area (Å²) in [7, 11) is 0. The second-order valence-corrected chi connectivity index (χ2v) is 3.29. The maximum Gasteiger partial charge on any atom is 0.195 e. The van der Waals surface area contributed by atoms with Crippen LogP contribution in [0.15, 0.2) is 35.6 Å². The zero-order valence-corrected chi connectivity index (χ0v) is 8.12. The van der Waals surface area contributed by atoms with E-state index in [1.165, 1.54) is 0 Å². The number of nitrogens with zero attached hydrogens (tertiary/aromatic N) is 5. The maximum absolute atomic E-state index is 8.34. The van der Waals surface area contributed by atoms with E-state index >= 15 is 0 Å². The van der Waals surface area contributed by atoms with E-state index in [9.17, 15) is 0 Å². The molecule has 16 heavy (non-hydrogen) atoms. The Bertz CT molecular complexity index is 722. The maximum atomic E-state index is 8.34. The summed E-state index contributed by atoms with van der Waals surface area (Å²) >= 11 is 0. The summed E-state index contributed by atoms with van der Waals surface area (Å²) in [6, 6.07) is 7.67. The van der Waals surface area contributed by atoms with Crippen molar-refractivity contribution in [3.8, 4) is 0 Å². The van der Waals surface area contributed by atoms with Gasteiger partial charge in [0.25, 0.3) is 0 Å². The molecular weight excluding hydrogens is 204 g/mol. The molecule has 1 aromatic carbocycles. The Morgan fingerprint density at radius 1 is 1.25 bits per heavy atom. The highest BCUT2D eigenvalue weighted by Gasteiger charge is 2.05. The van der Waals surface area contributed by atoms with Gasteiger partial charge in [0, 0.05) is 16.5 Å². The molecule has 0 fully saturated rings. The van der Waals surface area contributed by atoms with Crippen molar-refractivity contribution >= 4 is 27.9 Å². The van der Waals surface area contributed by atoms with Gasteiger partial charge >= 0.3 is 0 Å². The van der Waals surface area contributed by atoms with Crippen LogP contribution < -0.4 is 0 Å². The summed E-state index contributed by atoms with van der Waals surface area (Å²) in [6.45, 7) is 0.